The van der Waals surface area contributed by atoms with E-state index in [-0.39, 0.29) is 11.8 Å². The Morgan fingerprint density at radius 2 is 1.21 bits per heavy atom. The molecule has 3 fully saturated rings. The van der Waals surface area contributed by atoms with Crippen LogP contribution in [0.5, 0.6) is 5.75 Å². The molecule has 2 aromatic carbocycles. The van der Waals surface area contributed by atoms with Gasteiger partial charge >= 0.3 is 0 Å². The maximum atomic E-state index is 13.0. The number of ether oxygens (including phenoxy) is 1. The summed E-state index contributed by atoms with van der Waals surface area (Å²) in [4.78, 5) is 29.5. The average molecular weight is 415 g/mol. The van der Waals surface area contributed by atoms with Gasteiger partial charge in [-0.15, -0.1) is 0 Å². The molecule has 0 N–H and O–H groups in total. The molecule has 2 unspecified atom stereocenters. The Labute approximate surface area is 172 Å². The van der Waals surface area contributed by atoms with Crippen molar-refractivity contribution in [1.29, 1.82) is 0 Å². The fraction of sp³-hybridized carbons (Fsp3) is 0.333. The third-order valence-corrected chi connectivity index (χ3v) is 7.90. The molecule has 3 aliphatic rings. The number of rotatable bonds is 6. The van der Waals surface area contributed by atoms with Crippen LogP contribution in [0.4, 0.5) is 0 Å². The molecule has 5 nitrogen and oxygen atoms in total. The highest BCUT2D eigenvalue weighted by atomic mass is 33.1. The smallest absolute Gasteiger partial charge is 0.258 e. The first kappa shape index (κ1) is 19.2. The van der Waals surface area contributed by atoms with Crippen molar-refractivity contribution in [1.82, 2.24) is 9.80 Å². The molecule has 146 valence electrons. The molecule has 0 aliphatic carbocycles. The van der Waals surface area contributed by atoms with Crippen LogP contribution in [-0.4, -0.2) is 39.5 Å². The number of fused-ring (bicyclic) bond motifs is 3. The minimum absolute atomic E-state index is 0.00865. The zero-order valence-corrected chi connectivity index (χ0v) is 17.5. The Balaban J connectivity index is 1.49. The Morgan fingerprint density at radius 1 is 0.786 bits per heavy atom. The van der Waals surface area contributed by atoms with Crippen LogP contribution < -0.4 is 4.74 Å². The molecule has 2 atom stereocenters. The molecule has 0 aromatic heterocycles. The minimum atomic E-state index is -0.473. The monoisotopic (exact) mass is 414 g/mol. The van der Waals surface area contributed by atoms with Gasteiger partial charge in [-0.05, 0) is 35.2 Å². The van der Waals surface area contributed by atoms with Crippen molar-refractivity contribution in [3.63, 3.8) is 0 Å². The second-order valence-electron chi connectivity index (χ2n) is 6.85. The number of amides is 2. The SMILES string of the molecule is CCc1ccc(CN2C(=O)C3SSC2C(=O)N3Cc2ccc(OC)cc2)cc1. The first-order valence-electron chi connectivity index (χ1n) is 9.24. The first-order valence-corrected chi connectivity index (χ1v) is 11.5. The number of benzene rings is 2. The minimum Gasteiger partial charge on any atom is -0.497 e. The molecular formula is C21H22N2O3S2. The van der Waals surface area contributed by atoms with Crippen LogP contribution in [-0.2, 0) is 29.1 Å². The van der Waals surface area contributed by atoms with Crippen LogP contribution in [0.15, 0.2) is 48.5 Å². The van der Waals surface area contributed by atoms with Crippen LogP contribution in [0, 0.1) is 0 Å². The van der Waals surface area contributed by atoms with Gasteiger partial charge in [0.15, 0.2) is 10.7 Å². The molecule has 0 radical (unpaired) electrons. The summed E-state index contributed by atoms with van der Waals surface area (Å²) in [6.07, 6.45) is 0.985. The van der Waals surface area contributed by atoms with E-state index >= 15 is 0 Å². The summed E-state index contributed by atoms with van der Waals surface area (Å²) in [7, 11) is 4.60. The molecular weight excluding hydrogens is 392 g/mol. The van der Waals surface area contributed by atoms with Crippen LogP contribution in [0.3, 0.4) is 0 Å². The fourth-order valence-corrected chi connectivity index (χ4v) is 6.36. The van der Waals surface area contributed by atoms with Gasteiger partial charge in [-0.2, -0.15) is 0 Å². The van der Waals surface area contributed by atoms with E-state index in [4.69, 9.17) is 4.74 Å². The van der Waals surface area contributed by atoms with Crippen molar-refractivity contribution in [2.45, 2.75) is 37.2 Å². The number of methoxy groups -OCH3 is 1. The summed E-state index contributed by atoms with van der Waals surface area (Å²) >= 11 is 0. The van der Waals surface area contributed by atoms with E-state index in [0.717, 1.165) is 23.3 Å². The molecule has 3 aliphatic heterocycles. The number of hydrogen-bond donors (Lipinski definition) is 0. The predicted molar refractivity (Wildman–Crippen MR) is 113 cm³/mol. The summed E-state index contributed by atoms with van der Waals surface area (Å²) < 4.78 is 5.18. The Hall–Kier alpha value is -2.12. The Kier molecular flexibility index (Phi) is 5.55. The molecule has 3 heterocycles. The van der Waals surface area contributed by atoms with E-state index in [1.54, 1.807) is 16.9 Å². The zero-order valence-electron chi connectivity index (χ0n) is 15.8. The average Bonchev–Trinajstić information content (AvgIpc) is 2.73. The highest BCUT2D eigenvalue weighted by Gasteiger charge is 2.51. The summed E-state index contributed by atoms with van der Waals surface area (Å²) in [6, 6.07) is 15.9. The zero-order chi connectivity index (χ0) is 19.7. The van der Waals surface area contributed by atoms with E-state index in [9.17, 15) is 9.59 Å². The van der Waals surface area contributed by atoms with Crippen molar-refractivity contribution in [2.24, 2.45) is 0 Å². The number of carbonyl (C=O) groups is 2. The van der Waals surface area contributed by atoms with Gasteiger partial charge in [-0.3, -0.25) is 9.59 Å². The van der Waals surface area contributed by atoms with Crippen molar-refractivity contribution < 1.29 is 14.3 Å². The fourth-order valence-electron chi connectivity index (χ4n) is 3.40. The Bertz CT molecular complexity index is 797. The first-order chi connectivity index (χ1) is 13.6. The van der Waals surface area contributed by atoms with Gasteiger partial charge in [0, 0.05) is 13.1 Å². The van der Waals surface area contributed by atoms with Crippen molar-refractivity contribution >= 4 is 33.4 Å². The van der Waals surface area contributed by atoms with E-state index in [0.29, 0.717) is 13.1 Å². The second kappa shape index (κ2) is 8.09. The lowest BCUT2D eigenvalue weighted by Gasteiger charge is -2.48. The van der Waals surface area contributed by atoms with Crippen molar-refractivity contribution in [2.75, 3.05) is 7.11 Å². The lowest BCUT2D eigenvalue weighted by molar-refractivity contribution is -0.155. The number of nitrogens with zero attached hydrogens (tertiary/aromatic N) is 2. The van der Waals surface area contributed by atoms with Gasteiger partial charge in [-0.25, -0.2) is 0 Å². The summed E-state index contributed by atoms with van der Waals surface area (Å²) in [5, 5.41) is -0.939. The van der Waals surface area contributed by atoms with Gasteiger partial charge in [-0.1, -0.05) is 64.9 Å². The molecule has 0 saturated carbocycles. The summed E-state index contributed by atoms with van der Waals surface area (Å²) in [6.45, 7) is 3.02. The van der Waals surface area contributed by atoms with Crippen LogP contribution in [0.25, 0.3) is 0 Å². The van der Waals surface area contributed by atoms with Gasteiger partial charge in [0.2, 0.25) is 0 Å². The van der Waals surface area contributed by atoms with Crippen LogP contribution >= 0.6 is 21.6 Å². The quantitative estimate of drug-likeness (QED) is 0.675. The third-order valence-electron chi connectivity index (χ3n) is 5.09. The summed E-state index contributed by atoms with van der Waals surface area (Å²) in [5.41, 5.74) is 3.31. The van der Waals surface area contributed by atoms with Gasteiger partial charge in [0.25, 0.3) is 11.8 Å². The van der Waals surface area contributed by atoms with E-state index in [2.05, 4.69) is 19.1 Å². The molecule has 2 amide bonds. The lowest BCUT2D eigenvalue weighted by atomic mass is 10.1. The molecule has 5 rings (SSSR count). The molecule has 28 heavy (non-hydrogen) atoms. The second-order valence-corrected chi connectivity index (χ2v) is 9.28. The van der Waals surface area contributed by atoms with E-state index in [1.807, 2.05) is 36.4 Å². The van der Waals surface area contributed by atoms with Crippen LogP contribution in [0.1, 0.15) is 23.6 Å². The largest absolute Gasteiger partial charge is 0.497 e. The van der Waals surface area contributed by atoms with Gasteiger partial charge in [0.05, 0.1) is 7.11 Å². The number of piperazine rings is 1. The van der Waals surface area contributed by atoms with Gasteiger partial charge in [0.1, 0.15) is 5.75 Å². The number of hydrogen-bond acceptors (Lipinski definition) is 5. The molecule has 0 spiro atoms. The predicted octanol–water partition coefficient (Wildman–Crippen LogP) is 3.68. The van der Waals surface area contributed by atoms with E-state index in [1.165, 1.54) is 27.2 Å². The van der Waals surface area contributed by atoms with Crippen molar-refractivity contribution in [3.8, 4) is 5.75 Å². The summed E-state index contributed by atoms with van der Waals surface area (Å²) in [5.74, 6) is 0.798. The van der Waals surface area contributed by atoms with Gasteiger partial charge < -0.3 is 14.5 Å². The number of aryl methyl sites for hydroxylation is 1. The standard InChI is InChI=1S/C21H22N2O3S2/c1-3-14-4-6-15(7-5-14)12-22-18(24)21-23(19(25)20(22)27-28-21)13-16-8-10-17(26-2)11-9-16/h4-11,20-21H,3,12-13H2,1-2H3. The molecule has 7 heteroatoms. The lowest BCUT2D eigenvalue weighted by Crippen LogP contribution is -2.64. The van der Waals surface area contributed by atoms with Crippen molar-refractivity contribution in [3.05, 3.63) is 65.2 Å². The van der Waals surface area contributed by atoms with E-state index < -0.39 is 10.7 Å². The maximum absolute atomic E-state index is 13.0. The Morgan fingerprint density at radius 3 is 1.64 bits per heavy atom. The highest BCUT2D eigenvalue weighted by molar-refractivity contribution is 8.77. The molecule has 3 saturated heterocycles. The number of carbonyl (C=O) groups excluding carboxylic acids is 2. The highest BCUT2D eigenvalue weighted by Crippen LogP contribution is 2.47. The maximum Gasteiger partial charge on any atom is 0.258 e. The third kappa shape index (κ3) is 3.61. The molecule has 2 aromatic rings. The normalized spacial score (nSPS) is 21.4. The van der Waals surface area contributed by atoms with Crippen LogP contribution in [0.2, 0.25) is 0 Å². The topological polar surface area (TPSA) is 49.9 Å². The molecule has 2 bridgehead atoms.